The van der Waals surface area contributed by atoms with Gasteiger partial charge in [0.25, 0.3) is 0 Å². The van der Waals surface area contributed by atoms with E-state index in [9.17, 15) is 4.79 Å². The van der Waals surface area contributed by atoms with E-state index in [0.29, 0.717) is 30.0 Å². The molecule has 0 atom stereocenters. The van der Waals surface area contributed by atoms with Gasteiger partial charge in [-0.25, -0.2) is 0 Å². The van der Waals surface area contributed by atoms with Crippen LogP contribution in [0.25, 0.3) is 21.9 Å². The van der Waals surface area contributed by atoms with Crippen LogP contribution in [0.15, 0.2) is 99.1 Å². The number of carbonyl (C=O) groups excluding carboxylic acids is 1. The van der Waals surface area contributed by atoms with Crippen LogP contribution in [0.4, 0.5) is 17.1 Å². The molecule has 0 unspecified atom stereocenters. The van der Waals surface area contributed by atoms with E-state index in [0.717, 1.165) is 27.7 Å². The second-order valence-electron chi connectivity index (χ2n) is 8.13. The molecule has 1 N–H and O–H groups in total. The number of fused-ring (bicyclic) bond motifs is 5. The van der Waals surface area contributed by atoms with Crippen LogP contribution in [-0.4, -0.2) is 19.6 Å². The van der Waals surface area contributed by atoms with Gasteiger partial charge in [-0.1, -0.05) is 54.2 Å². The van der Waals surface area contributed by atoms with Gasteiger partial charge >= 0.3 is 0 Å². The Bertz CT molecular complexity index is 1500. The first-order valence-electron chi connectivity index (χ1n) is 11.1. The highest BCUT2D eigenvalue weighted by atomic mass is 32.2. The summed E-state index contributed by atoms with van der Waals surface area (Å²) in [4.78, 5) is 17.6. The number of amides is 1. The second kappa shape index (κ2) is 8.47. The van der Waals surface area contributed by atoms with Crippen molar-refractivity contribution in [1.29, 1.82) is 0 Å². The van der Waals surface area contributed by atoms with Crippen molar-refractivity contribution in [3.63, 3.8) is 0 Å². The first-order chi connectivity index (χ1) is 16.7. The molecule has 5 nitrogen and oxygen atoms in total. The fourth-order valence-electron chi connectivity index (χ4n) is 4.47. The minimum absolute atomic E-state index is 0.0815. The van der Waals surface area contributed by atoms with Crippen LogP contribution in [0.5, 0.6) is 5.75 Å². The Labute approximate surface area is 201 Å². The smallest absolute Gasteiger partial charge is 0.226 e. The molecule has 6 heteroatoms. The summed E-state index contributed by atoms with van der Waals surface area (Å²) in [5.41, 5.74) is 4.38. The Morgan fingerprint density at radius 2 is 1.56 bits per heavy atom. The Morgan fingerprint density at radius 3 is 2.29 bits per heavy atom. The maximum absolute atomic E-state index is 13.0. The number of nitrogens with zero attached hydrogens (tertiary/aromatic N) is 1. The van der Waals surface area contributed by atoms with Crippen molar-refractivity contribution in [2.45, 2.75) is 16.2 Å². The van der Waals surface area contributed by atoms with Gasteiger partial charge in [0.15, 0.2) is 0 Å². The van der Waals surface area contributed by atoms with Crippen LogP contribution in [0.3, 0.4) is 0 Å². The normalized spacial score (nSPS) is 12.4. The minimum Gasteiger partial charge on any atom is -0.495 e. The molecule has 0 saturated carbocycles. The Balaban J connectivity index is 1.25. The highest BCUT2D eigenvalue weighted by Crippen LogP contribution is 2.47. The van der Waals surface area contributed by atoms with E-state index in [-0.39, 0.29) is 5.91 Å². The predicted molar refractivity (Wildman–Crippen MR) is 138 cm³/mol. The van der Waals surface area contributed by atoms with E-state index in [1.807, 2.05) is 60.7 Å². The minimum atomic E-state index is -0.0815. The molecule has 2 heterocycles. The summed E-state index contributed by atoms with van der Waals surface area (Å²) in [6.07, 6.45) is 0.328. The molecule has 0 saturated heterocycles. The molecule has 34 heavy (non-hydrogen) atoms. The van der Waals surface area contributed by atoms with Crippen LogP contribution in [0, 0.1) is 0 Å². The van der Waals surface area contributed by atoms with Gasteiger partial charge in [0, 0.05) is 39.6 Å². The number of hydrogen-bond donors (Lipinski definition) is 1. The number of anilines is 3. The van der Waals surface area contributed by atoms with Crippen LogP contribution < -0.4 is 15.0 Å². The molecular formula is C28H22N2O3S. The maximum atomic E-state index is 13.0. The predicted octanol–water partition coefficient (Wildman–Crippen LogP) is 7.23. The number of carbonyl (C=O) groups is 1. The number of para-hydroxylation sites is 3. The van der Waals surface area contributed by atoms with Gasteiger partial charge in [-0.2, -0.15) is 0 Å². The zero-order valence-corrected chi connectivity index (χ0v) is 19.4. The van der Waals surface area contributed by atoms with Gasteiger partial charge in [-0.3, -0.25) is 4.79 Å². The fraction of sp³-hybridized carbons (Fsp3) is 0.107. The molecule has 1 aliphatic rings. The van der Waals surface area contributed by atoms with Crippen molar-refractivity contribution in [3.05, 3.63) is 84.9 Å². The lowest BCUT2D eigenvalue weighted by Gasteiger charge is -2.32. The molecule has 4 aromatic carbocycles. The molecule has 168 valence electrons. The van der Waals surface area contributed by atoms with Crippen LogP contribution >= 0.6 is 11.8 Å². The molecule has 5 aromatic rings. The third kappa shape index (κ3) is 3.56. The second-order valence-corrected chi connectivity index (χ2v) is 9.22. The first-order valence-corrected chi connectivity index (χ1v) is 12.0. The Hall–Kier alpha value is -3.90. The highest BCUT2D eigenvalue weighted by molar-refractivity contribution is 7.99. The average molecular weight is 467 g/mol. The summed E-state index contributed by atoms with van der Waals surface area (Å²) < 4.78 is 11.6. The van der Waals surface area contributed by atoms with Gasteiger partial charge in [-0.05, 0) is 36.4 Å². The van der Waals surface area contributed by atoms with Gasteiger partial charge in [-0.15, -0.1) is 0 Å². The molecule has 0 radical (unpaired) electrons. The molecule has 1 amide bonds. The van der Waals surface area contributed by atoms with Gasteiger partial charge in [0.1, 0.15) is 16.9 Å². The fourth-order valence-corrected chi connectivity index (χ4v) is 5.56. The topological polar surface area (TPSA) is 54.7 Å². The summed E-state index contributed by atoms with van der Waals surface area (Å²) >= 11 is 1.76. The third-order valence-corrected chi connectivity index (χ3v) is 7.20. The van der Waals surface area contributed by atoms with Gasteiger partial charge < -0.3 is 19.4 Å². The van der Waals surface area contributed by atoms with Gasteiger partial charge in [0.05, 0.1) is 24.2 Å². The van der Waals surface area contributed by atoms with Crippen LogP contribution in [-0.2, 0) is 4.79 Å². The summed E-state index contributed by atoms with van der Waals surface area (Å²) in [6, 6.07) is 28.3. The molecular weight excluding hydrogens is 444 g/mol. The van der Waals surface area contributed by atoms with Crippen molar-refractivity contribution in [3.8, 4) is 5.75 Å². The van der Waals surface area contributed by atoms with E-state index in [1.54, 1.807) is 18.9 Å². The summed E-state index contributed by atoms with van der Waals surface area (Å²) in [5.74, 6) is 0.527. The number of nitrogens with one attached hydrogen (secondary N) is 1. The van der Waals surface area contributed by atoms with E-state index < -0.39 is 0 Å². The Kier molecular flexibility index (Phi) is 5.15. The van der Waals surface area contributed by atoms with Crippen LogP contribution in [0.1, 0.15) is 6.42 Å². The summed E-state index contributed by atoms with van der Waals surface area (Å²) in [6.45, 7) is 0.565. The average Bonchev–Trinajstić information content (AvgIpc) is 3.23. The zero-order chi connectivity index (χ0) is 23.1. The highest BCUT2D eigenvalue weighted by Gasteiger charge is 2.23. The van der Waals surface area contributed by atoms with E-state index in [1.165, 1.54) is 9.79 Å². The number of ether oxygens (including phenoxy) is 1. The number of methoxy groups -OCH3 is 1. The maximum Gasteiger partial charge on any atom is 0.226 e. The molecule has 0 bridgehead atoms. The van der Waals surface area contributed by atoms with Crippen LogP contribution in [0.2, 0.25) is 0 Å². The standard InChI is InChI=1S/C28H22N2O3S/c1-32-25-16-19-18-8-2-5-11-23(18)33-24(19)17-20(25)29-28(31)14-15-30-21-9-3-6-12-26(21)34-27-13-7-4-10-22(27)30/h2-13,16-17H,14-15H2,1H3,(H,29,31). The molecule has 0 aliphatic carbocycles. The van der Waals surface area contributed by atoms with E-state index >= 15 is 0 Å². The van der Waals surface area contributed by atoms with Crippen molar-refractivity contribution >= 4 is 56.7 Å². The van der Waals surface area contributed by atoms with E-state index in [2.05, 4.69) is 34.5 Å². The lowest BCUT2D eigenvalue weighted by atomic mass is 10.1. The lowest BCUT2D eigenvalue weighted by Crippen LogP contribution is -2.26. The third-order valence-electron chi connectivity index (χ3n) is 6.07. The molecule has 1 aliphatic heterocycles. The zero-order valence-electron chi connectivity index (χ0n) is 18.6. The summed E-state index contributed by atoms with van der Waals surface area (Å²) in [5, 5.41) is 5.01. The monoisotopic (exact) mass is 466 g/mol. The van der Waals surface area contributed by atoms with Crippen molar-refractivity contribution < 1.29 is 13.9 Å². The number of rotatable bonds is 5. The Morgan fingerprint density at radius 1 is 0.882 bits per heavy atom. The largest absolute Gasteiger partial charge is 0.495 e. The number of furan rings is 1. The molecule has 1 aromatic heterocycles. The molecule has 0 spiro atoms. The van der Waals surface area contributed by atoms with Crippen molar-refractivity contribution in [1.82, 2.24) is 0 Å². The molecule has 6 rings (SSSR count). The van der Waals surface area contributed by atoms with Crippen molar-refractivity contribution in [2.24, 2.45) is 0 Å². The lowest BCUT2D eigenvalue weighted by molar-refractivity contribution is -0.116. The molecule has 0 fully saturated rings. The SMILES string of the molecule is COc1cc2c(cc1NC(=O)CCN1c3ccccc3Sc3ccccc31)oc1ccccc12. The van der Waals surface area contributed by atoms with Crippen molar-refractivity contribution in [2.75, 3.05) is 23.9 Å². The number of hydrogen-bond acceptors (Lipinski definition) is 5. The number of benzene rings is 4. The van der Waals surface area contributed by atoms with E-state index in [4.69, 9.17) is 9.15 Å². The van der Waals surface area contributed by atoms with Gasteiger partial charge in [0.2, 0.25) is 5.91 Å². The quantitative estimate of drug-likeness (QED) is 0.296. The first kappa shape index (κ1) is 20.7. The summed E-state index contributed by atoms with van der Waals surface area (Å²) in [7, 11) is 1.61.